The molecule has 0 aromatic heterocycles. The van der Waals surface area contributed by atoms with Gasteiger partial charge in [0.2, 0.25) is 0 Å². The second kappa shape index (κ2) is 16.3. The molecular weight excluding hydrogens is 264 g/mol. The molecule has 0 aliphatic carbocycles. The van der Waals surface area contributed by atoms with Crippen molar-refractivity contribution >= 4 is 0 Å². The Labute approximate surface area is 133 Å². The number of hydrogen-bond donors (Lipinski definition) is 3. The summed E-state index contributed by atoms with van der Waals surface area (Å²) >= 11 is 0. The van der Waals surface area contributed by atoms with E-state index in [1.165, 1.54) is 6.42 Å². The highest BCUT2D eigenvalue weighted by Crippen LogP contribution is 2.17. The summed E-state index contributed by atoms with van der Waals surface area (Å²) in [6, 6.07) is 0. The van der Waals surface area contributed by atoms with E-state index in [0.717, 1.165) is 19.3 Å². The molecule has 0 aromatic rings. The van der Waals surface area contributed by atoms with E-state index >= 15 is 0 Å². The van der Waals surface area contributed by atoms with Crippen molar-refractivity contribution in [3.05, 3.63) is 0 Å². The molecule has 3 nitrogen and oxygen atoms in total. The van der Waals surface area contributed by atoms with Gasteiger partial charge in [0.05, 0.1) is 6.10 Å². The minimum Gasteiger partial charge on any atom is -0.396 e. The SMILES string of the molecule is CC(O)C(C)(C)C.CCC(CC)CO.CCCC(C)CO. The third-order valence-corrected chi connectivity index (χ3v) is 3.76. The van der Waals surface area contributed by atoms with Crippen molar-refractivity contribution in [3.8, 4) is 0 Å². The molecular formula is C18H42O3. The summed E-state index contributed by atoms with van der Waals surface area (Å²) in [5.41, 5.74) is 0.0556. The van der Waals surface area contributed by atoms with Gasteiger partial charge in [-0.15, -0.1) is 0 Å². The summed E-state index contributed by atoms with van der Waals surface area (Å²) in [6.07, 6.45) is 4.34. The summed E-state index contributed by atoms with van der Waals surface area (Å²) in [4.78, 5) is 0. The maximum absolute atomic E-state index is 8.89. The van der Waals surface area contributed by atoms with Gasteiger partial charge in [-0.3, -0.25) is 0 Å². The zero-order valence-electron chi connectivity index (χ0n) is 15.8. The molecule has 0 amide bonds. The standard InChI is InChI=1S/3C6H14O/c1-5(7)6(2,3)4;1-3-4-6(2)5-7;1-3-6(4-2)5-7/h5,7H,1-4H3;2*6-7H,3-5H2,1-2H3. The van der Waals surface area contributed by atoms with E-state index in [0.29, 0.717) is 25.0 Å². The van der Waals surface area contributed by atoms with Crippen molar-refractivity contribution in [1.29, 1.82) is 0 Å². The Balaban J connectivity index is -0.000000231. The predicted molar refractivity (Wildman–Crippen MR) is 93.5 cm³/mol. The summed E-state index contributed by atoms with van der Waals surface area (Å²) in [6.45, 7) is 16.9. The van der Waals surface area contributed by atoms with Crippen LogP contribution in [0.2, 0.25) is 0 Å². The predicted octanol–water partition coefficient (Wildman–Crippen LogP) is 4.24. The van der Waals surface area contributed by atoms with Crippen LogP contribution in [0.4, 0.5) is 0 Å². The first kappa shape index (κ1) is 25.8. The van der Waals surface area contributed by atoms with Gasteiger partial charge in [-0.1, -0.05) is 67.7 Å². The average Bonchev–Trinajstić information content (AvgIpc) is 2.41. The van der Waals surface area contributed by atoms with Gasteiger partial charge >= 0.3 is 0 Å². The molecule has 132 valence electrons. The molecule has 0 heterocycles. The van der Waals surface area contributed by atoms with Crippen LogP contribution in [0, 0.1) is 17.3 Å². The largest absolute Gasteiger partial charge is 0.396 e. The second-order valence-electron chi connectivity index (χ2n) is 6.98. The lowest BCUT2D eigenvalue weighted by Gasteiger charge is -2.21. The van der Waals surface area contributed by atoms with Crippen molar-refractivity contribution in [2.24, 2.45) is 17.3 Å². The van der Waals surface area contributed by atoms with Gasteiger partial charge in [-0.05, 0) is 30.6 Å². The Morgan fingerprint density at radius 2 is 1.24 bits per heavy atom. The van der Waals surface area contributed by atoms with Gasteiger partial charge in [-0.25, -0.2) is 0 Å². The molecule has 3 heteroatoms. The molecule has 2 atom stereocenters. The Kier molecular flexibility index (Phi) is 20.0. The highest BCUT2D eigenvalue weighted by molar-refractivity contribution is 4.66. The fourth-order valence-electron chi connectivity index (χ4n) is 1.13. The molecule has 0 aromatic carbocycles. The number of aliphatic hydroxyl groups excluding tert-OH is 3. The van der Waals surface area contributed by atoms with E-state index < -0.39 is 0 Å². The molecule has 0 radical (unpaired) electrons. The molecule has 0 spiro atoms. The van der Waals surface area contributed by atoms with Crippen LogP contribution in [0.3, 0.4) is 0 Å². The molecule has 0 aliphatic rings. The van der Waals surface area contributed by atoms with Gasteiger partial charge in [0.15, 0.2) is 0 Å². The van der Waals surface area contributed by atoms with Crippen molar-refractivity contribution in [2.45, 2.75) is 87.2 Å². The van der Waals surface area contributed by atoms with Crippen LogP contribution in [0.15, 0.2) is 0 Å². The third-order valence-electron chi connectivity index (χ3n) is 3.76. The molecule has 3 N–H and O–H groups in total. The van der Waals surface area contributed by atoms with Gasteiger partial charge in [0.25, 0.3) is 0 Å². The Hall–Kier alpha value is -0.120. The normalized spacial score (nSPS) is 13.7. The minimum absolute atomic E-state index is 0.0556. The monoisotopic (exact) mass is 306 g/mol. The van der Waals surface area contributed by atoms with Crippen molar-refractivity contribution in [1.82, 2.24) is 0 Å². The Morgan fingerprint density at radius 3 is 1.29 bits per heavy atom. The van der Waals surface area contributed by atoms with E-state index in [1.807, 2.05) is 20.8 Å². The lowest BCUT2D eigenvalue weighted by molar-refractivity contribution is 0.0801. The molecule has 0 saturated carbocycles. The van der Waals surface area contributed by atoms with E-state index in [2.05, 4.69) is 27.7 Å². The molecule has 0 rings (SSSR count). The van der Waals surface area contributed by atoms with Gasteiger partial charge in [0.1, 0.15) is 0 Å². The second-order valence-corrected chi connectivity index (χ2v) is 6.98. The first-order valence-electron chi connectivity index (χ1n) is 8.50. The van der Waals surface area contributed by atoms with E-state index in [4.69, 9.17) is 15.3 Å². The number of rotatable bonds is 6. The van der Waals surface area contributed by atoms with Gasteiger partial charge in [0, 0.05) is 13.2 Å². The third kappa shape index (κ3) is 22.3. The molecule has 0 bridgehead atoms. The Bertz CT molecular complexity index is 176. The zero-order chi connectivity index (χ0) is 17.5. The molecule has 2 unspecified atom stereocenters. The van der Waals surface area contributed by atoms with Crippen molar-refractivity contribution in [2.75, 3.05) is 13.2 Å². The van der Waals surface area contributed by atoms with E-state index in [-0.39, 0.29) is 11.5 Å². The molecule has 0 aliphatic heterocycles. The first-order chi connectivity index (χ1) is 9.60. The zero-order valence-corrected chi connectivity index (χ0v) is 15.8. The summed E-state index contributed by atoms with van der Waals surface area (Å²) in [5, 5.41) is 25.9. The maximum atomic E-state index is 8.89. The van der Waals surface area contributed by atoms with Crippen molar-refractivity contribution < 1.29 is 15.3 Å². The van der Waals surface area contributed by atoms with Gasteiger partial charge in [-0.2, -0.15) is 0 Å². The fraction of sp³-hybridized carbons (Fsp3) is 1.00. The fourth-order valence-corrected chi connectivity index (χ4v) is 1.13. The van der Waals surface area contributed by atoms with Crippen LogP contribution in [-0.4, -0.2) is 34.6 Å². The highest BCUT2D eigenvalue weighted by atomic mass is 16.3. The highest BCUT2D eigenvalue weighted by Gasteiger charge is 2.15. The average molecular weight is 307 g/mol. The number of aliphatic hydroxyl groups is 3. The molecule has 0 fully saturated rings. The first-order valence-corrected chi connectivity index (χ1v) is 8.50. The quantitative estimate of drug-likeness (QED) is 0.687. The number of hydrogen-bond acceptors (Lipinski definition) is 3. The topological polar surface area (TPSA) is 60.7 Å². The molecule has 21 heavy (non-hydrogen) atoms. The lowest BCUT2D eigenvalue weighted by atomic mass is 9.91. The van der Waals surface area contributed by atoms with Crippen LogP contribution < -0.4 is 0 Å². The van der Waals surface area contributed by atoms with Crippen LogP contribution in [0.25, 0.3) is 0 Å². The lowest BCUT2D eigenvalue weighted by Crippen LogP contribution is -2.21. The van der Waals surface area contributed by atoms with E-state index in [9.17, 15) is 0 Å². The summed E-state index contributed by atoms with van der Waals surface area (Å²) < 4.78 is 0. The van der Waals surface area contributed by atoms with Crippen LogP contribution in [0.1, 0.15) is 81.1 Å². The summed E-state index contributed by atoms with van der Waals surface area (Å²) in [7, 11) is 0. The van der Waals surface area contributed by atoms with Crippen molar-refractivity contribution in [3.63, 3.8) is 0 Å². The maximum Gasteiger partial charge on any atom is 0.0560 e. The van der Waals surface area contributed by atoms with Crippen LogP contribution in [-0.2, 0) is 0 Å². The molecule has 0 saturated heterocycles. The van der Waals surface area contributed by atoms with Crippen LogP contribution in [0.5, 0.6) is 0 Å². The Morgan fingerprint density at radius 1 is 0.857 bits per heavy atom. The minimum atomic E-state index is -0.201. The van der Waals surface area contributed by atoms with Gasteiger partial charge < -0.3 is 15.3 Å². The smallest absolute Gasteiger partial charge is 0.0560 e. The summed E-state index contributed by atoms with van der Waals surface area (Å²) in [5.74, 6) is 1.05. The van der Waals surface area contributed by atoms with E-state index in [1.54, 1.807) is 6.92 Å². The van der Waals surface area contributed by atoms with Crippen LogP contribution >= 0.6 is 0 Å².